The Balaban J connectivity index is 2.43. The third kappa shape index (κ3) is 2.91. The van der Waals surface area contributed by atoms with Crippen molar-refractivity contribution in [3.63, 3.8) is 0 Å². The predicted molar refractivity (Wildman–Crippen MR) is 76.7 cm³/mol. The van der Waals surface area contributed by atoms with E-state index in [9.17, 15) is 0 Å². The molecule has 0 bridgehead atoms. The summed E-state index contributed by atoms with van der Waals surface area (Å²) in [5.41, 5.74) is 2.20. The number of aryl methyl sites for hydroxylation is 1. The van der Waals surface area contributed by atoms with Gasteiger partial charge < -0.3 is 14.0 Å². The Kier molecular flexibility index (Phi) is 4.57. The zero-order chi connectivity index (χ0) is 14.5. The molecule has 106 valence electrons. The largest absolute Gasteiger partial charge is 0.479 e. The van der Waals surface area contributed by atoms with E-state index in [-0.39, 0.29) is 5.90 Å². The molecule has 0 aliphatic carbocycles. The highest BCUT2D eigenvalue weighted by Gasteiger charge is 2.13. The van der Waals surface area contributed by atoms with Gasteiger partial charge in [0.1, 0.15) is 11.4 Å². The molecule has 0 amide bonds. The van der Waals surface area contributed by atoms with Gasteiger partial charge in [0.2, 0.25) is 5.88 Å². The van der Waals surface area contributed by atoms with E-state index >= 15 is 0 Å². The van der Waals surface area contributed by atoms with E-state index in [1.165, 1.54) is 0 Å². The summed E-state index contributed by atoms with van der Waals surface area (Å²) in [6.07, 6.45) is 3.59. The zero-order valence-electron chi connectivity index (χ0n) is 11.5. The zero-order valence-corrected chi connectivity index (χ0v) is 12.3. The van der Waals surface area contributed by atoms with Gasteiger partial charge in [-0.25, -0.2) is 9.97 Å². The molecule has 7 heteroatoms. The normalized spacial score (nSPS) is 11.5. The smallest absolute Gasteiger partial charge is 0.252 e. The van der Waals surface area contributed by atoms with Crippen molar-refractivity contribution in [1.29, 1.82) is 0 Å². The molecular weight excluding hydrogens is 280 g/mol. The van der Waals surface area contributed by atoms with Gasteiger partial charge in [0, 0.05) is 18.0 Å². The summed E-state index contributed by atoms with van der Waals surface area (Å²) in [6, 6.07) is 3.62. The number of aromatic nitrogens is 3. The number of hydrogen-bond acceptors (Lipinski definition) is 5. The van der Waals surface area contributed by atoms with Crippen molar-refractivity contribution in [1.82, 2.24) is 14.5 Å². The first-order valence-corrected chi connectivity index (χ1v) is 6.41. The number of pyridine rings is 1. The van der Waals surface area contributed by atoms with Gasteiger partial charge in [-0.05, 0) is 26.0 Å². The maximum absolute atomic E-state index is 5.50. The first kappa shape index (κ1) is 14.3. The number of ether oxygens (including phenoxy) is 2. The van der Waals surface area contributed by atoms with Crippen molar-refractivity contribution in [2.45, 2.75) is 13.8 Å². The number of imidazole rings is 1. The molecule has 0 spiro atoms. The third-order valence-corrected chi connectivity index (χ3v) is 2.75. The van der Waals surface area contributed by atoms with Crippen molar-refractivity contribution in [3.8, 4) is 11.6 Å². The molecule has 0 radical (unpaired) electrons. The summed E-state index contributed by atoms with van der Waals surface area (Å²) in [4.78, 5) is 8.54. The number of hydrogen-bond donors (Lipinski definition) is 0. The van der Waals surface area contributed by atoms with Crippen molar-refractivity contribution in [2.24, 2.45) is 4.51 Å². The highest BCUT2D eigenvalue weighted by molar-refractivity contribution is 6.21. The van der Waals surface area contributed by atoms with Crippen molar-refractivity contribution < 1.29 is 9.47 Å². The summed E-state index contributed by atoms with van der Waals surface area (Å²) in [5.74, 6) is 0.707. The van der Waals surface area contributed by atoms with Gasteiger partial charge in [-0.1, -0.05) is 0 Å². The Morgan fingerprint density at radius 1 is 1.45 bits per heavy atom. The molecule has 0 aliphatic rings. The molecule has 0 saturated carbocycles. The monoisotopic (exact) mass is 294 g/mol. The minimum atomic E-state index is 0.265. The van der Waals surface area contributed by atoms with E-state index in [0.717, 1.165) is 11.4 Å². The Morgan fingerprint density at radius 2 is 2.25 bits per heavy atom. The fraction of sp³-hybridized carbons (Fsp3) is 0.308. The average molecular weight is 295 g/mol. The van der Waals surface area contributed by atoms with Crippen LogP contribution in [-0.2, 0) is 4.74 Å². The van der Waals surface area contributed by atoms with Crippen molar-refractivity contribution >= 4 is 17.7 Å². The molecule has 0 aliphatic heterocycles. The van der Waals surface area contributed by atoms with Gasteiger partial charge in [-0.15, -0.1) is 4.51 Å². The first-order valence-electron chi connectivity index (χ1n) is 6.07. The summed E-state index contributed by atoms with van der Waals surface area (Å²) in [7, 11) is 1.55. The second-order valence-corrected chi connectivity index (χ2v) is 4.14. The summed E-state index contributed by atoms with van der Waals surface area (Å²) in [6.45, 7) is 4.22. The standard InChI is InChI=1S/C13H15ClN4O2/c1-4-20-12(17-14)10-5-6-11(13(16-10)19-3)18-7-9(2)15-8-18/h5-8H,4H2,1-3H3/b17-12-. The molecule has 0 N–H and O–H groups in total. The molecule has 20 heavy (non-hydrogen) atoms. The van der Waals surface area contributed by atoms with E-state index in [1.54, 1.807) is 19.5 Å². The molecule has 2 rings (SSSR count). The van der Waals surface area contributed by atoms with Crippen LogP contribution >= 0.6 is 11.8 Å². The highest BCUT2D eigenvalue weighted by Crippen LogP contribution is 2.21. The van der Waals surface area contributed by atoms with Gasteiger partial charge in [-0.3, -0.25) is 0 Å². The second kappa shape index (κ2) is 6.38. The maximum atomic E-state index is 5.50. The lowest BCUT2D eigenvalue weighted by atomic mass is 10.3. The van der Waals surface area contributed by atoms with Crippen LogP contribution in [0.2, 0.25) is 0 Å². The van der Waals surface area contributed by atoms with E-state index < -0.39 is 0 Å². The molecule has 6 nitrogen and oxygen atoms in total. The molecule has 2 aromatic heterocycles. The summed E-state index contributed by atoms with van der Waals surface area (Å²) in [5, 5.41) is 0. The van der Waals surface area contributed by atoms with Gasteiger partial charge in [0.05, 0.1) is 25.7 Å². The van der Waals surface area contributed by atoms with E-state index in [2.05, 4.69) is 14.5 Å². The minimum Gasteiger partial charge on any atom is -0.479 e. The van der Waals surface area contributed by atoms with Crippen LogP contribution in [0.25, 0.3) is 5.69 Å². The van der Waals surface area contributed by atoms with Crippen LogP contribution in [0.15, 0.2) is 29.2 Å². The van der Waals surface area contributed by atoms with Crippen LogP contribution in [0.5, 0.6) is 5.88 Å². The molecule has 0 fully saturated rings. The van der Waals surface area contributed by atoms with Gasteiger partial charge >= 0.3 is 0 Å². The molecule has 0 aromatic carbocycles. The fourth-order valence-electron chi connectivity index (χ4n) is 1.73. The lowest BCUT2D eigenvalue weighted by Crippen LogP contribution is -2.10. The Labute approximate surface area is 122 Å². The molecule has 0 unspecified atom stereocenters. The summed E-state index contributed by atoms with van der Waals surface area (Å²) >= 11 is 5.50. The SMILES string of the molecule is CCO/C(=N\Cl)c1ccc(-n2cnc(C)c2)c(OC)n1. The van der Waals surface area contributed by atoms with Crippen molar-refractivity contribution in [3.05, 3.63) is 36.0 Å². The second-order valence-electron chi connectivity index (χ2n) is 3.97. The Bertz CT molecular complexity index is 625. The Hall–Kier alpha value is -2.08. The molecule has 2 aromatic rings. The number of nitrogens with zero attached hydrogens (tertiary/aromatic N) is 4. The lowest BCUT2D eigenvalue weighted by Gasteiger charge is -2.10. The van der Waals surface area contributed by atoms with E-state index in [4.69, 9.17) is 21.3 Å². The van der Waals surface area contributed by atoms with Crippen LogP contribution in [0.3, 0.4) is 0 Å². The average Bonchev–Trinajstić information content (AvgIpc) is 2.90. The van der Waals surface area contributed by atoms with Crippen LogP contribution in [0.4, 0.5) is 0 Å². The van der Waals surface area contributed by atoms with Crippen molar-refractivity contribution in [2.75, 3.05) is 13.7 Å². The molecular formula is C13H15ClN4O2. The predicted octanol–water partition coefficient (Wildman–Crippen LogP) is 2.52. The van der Waals surface area contributed by atoms with Crippen LogP contribution in [0, 0.1) is 6.92 Å². The van der Waals surface area contributed by atoms with Gasteiger partial charge in [0.15, 0.2) is 0 Å². The molecule has 0 saturated heterocycles. The molecule has 0 atom stereocenters. The van der Waals surface area contributed by atoms with Crippen LogP contribution in [-0.4, -0.2) is 34.1 Å². The Morgan fingerprint density at radius 3 is 2.80 bits per heavy atom. The third-order valence-electron chi connectivity index (χ3n) is 2.60. The fourth-order valence-corrected chi connectivity index (χ4v) is 1.87. The molecule has 2 heterocycles. The highest BCUT2D eigenvalue weighted by atomic mass is 35.5. The van der Waals surface area contributed by atoms with Crippen LogP contribution < -0.4 is 4.74 Å². The topological polar surface area (TPSA) is 61.5 Å². The number of halogens is 1. The first-order chi connectivity index (χ1) is 9.69. The van der Waals surface area contributed by atoms with Gasteiger partial charge in [0.25, 0.3) is 5.90 Å². The van der Waals surface area contributed by atoms with Gasteiger partial charge in [-0.2, -0.15) is 0 Å². The lowest BCUT2D eigenvalue weighted by molar-refractivity contribution is 0.327. The van der Waals surface area contributed by atoms with E-state index in [0.29, 0.717) is 18.2 Å². The number of rotatable bonds is 4. The van der Waals surface area contributed by atoms with E-state index in [1.807, 2.05) is 30.7 Å². The number of methoxy groups -OCH3 is 1. The van der Waals surface area contributed by atoms with Crippen LogP contribution in [0.1, 0.15) is 18.3 Å². The summed E-state index contributed by atoms with van der Waals surface area (Å²) < 4.78 is 16.0. The maximum Gasteiger partial charge on any atom is 0.252 e. The quantitative estimate of drug-likeness (QED) is 0.642. The minimum absolute atomic E-state index is 0.265.